The van der Waals surface area contributed by atoms with Crippen molar-refractivity contribution < 1.29 is 14.1 Å². The summed E-state index contributed by atoms with van der Waals surface area (Å²) < 4.78 is 13.5. The van der Waals surface area contributed by atoms with E-state index in [1.54, 1.807) is 25.1 Å². The summed E-state index contributed by atoms with van der Waals surface area (Å²) in [6.07, 6.45) is 0.541. The molecular weight excluding hydrogens is 325 g/mol. The van der Waals surface area contributed by atoms with Crippen molar-refractivity contribution in [2.75, 3.05) is 6.54 Å². The number of rotatable bonds is 5. The Bertz CT molecular complexity index is 948. The lowest BCUT2D eigenvalue weighted by atomic mass is 10.1. The largest absolute Gasteiger partial charge is 0.358 e. The van der Waals surface area contributed by atoms with Gasteiger partial charge in [-0.25, -0.2) is 4.39 Å². The molecule has 2 aromatic carbocycles. The minimum atomic E-state index is -0.454. The van der Waals surface area contributed by atoms with Crippen LogP contribution < -0.4 is 5.32 Å². The molecule has 0 unspecified atom stereocenters. The van der Waals surface area contributed by atoms with Crippen LogP contribution in [0.5, 0.6) is 0 Å². The zero-order valence-electron chi connectivity index (χ0n) is 13.5. The Balaban J connectivity index is 1.68. The van der Waals surface area contributed by atoms with Gasteiger partial charge in [-0.2, -0.15) is 0 Å². The zero-order chi connectivity index (χ0) is 18.0. The van der Waals surface area contributed by atoms with E-state index < -0.39 is 10.7 Å². The van der Waals surface area contributed by atoms with Crippen molar-refractivity contribution in [3.63, 3.8) is 0 Å². The molecule has 0 aliphatic rings. The van der Waals surface area contributed by atoms with Gasteiger partial charge in [0.05, 0.1) is 10.5 Å². The van der Waals surface area contributed by atoms with Crippen molar-refractivity contribution in [2.45, 2.75) is 13.3 Å². The van der Waals surface area contributed by atoms with Crippen molar-refractivity contribution >= 4 is 22.5 Å². The molecule has 0 aliphatic carbocycles. The number of carbonyl (C=O) groups excluding carboxylic acids is 1. The quantitative estimate of drug-likeness (QED) is 0.550. The van der Waals surface area contributed by atoms with E-state index in [-0.39, 0.29) is 11.6 Å². The second-order valence-electron chi connectivity index (χ2n) is 5.74. The first kappa shape index (κ1) is 16.6. The Kier molecular flexibility index (Phi) is 4.47. The van der Waals surface area contributed by atoms with E-state index in [1.165, 1.54) is 24.3 Å². The number of fused-ring (bicyclic) bond motifs is 1. The fraction of sp³-hybridized carbons (Fsp3) is 0.167. The number of nitro benzene ring substituents is 1. The van der Waals surface area contributed by atoms with Gasteiger partial charge in [0.1, 0.15) is 5.82 Å². The molecule has 25 heavy (non-hydrogen) atoms. The minimum absolute atomic E-state index is 0.0317. The van der Waals surface area contributed by atoms with Gasteiger partial charge in [-0.3, -0.25) is 14.9 Å². The number of nitro groups is 1. The Morgan fingerprint density at radius 2 is 1.96 bits per heavy atom. The highest BCUT2D eigenvalue weighted by Crippen LogP contribution is 2.23. The van der Waals surface area contributed by atoms with E-state index in [2.05, 4.69) is 10.3 Å². The minimum Gasteiger partial charge on any atom is -0.358 e. The van der Waals surface area contributed by atoms with Crippen molar-refractivity contribution in [1.82, 2.24) is 10.3 Å². The third-order valence-corrected chi connectivity index (χ3v) is 4.02. The molecule has 0 saturated heterocycles. The Hall–Kier alpha value is -3.22. The molecule has 1 aromatic heterocycles. The maximum Gasteiger partial charge on any atom is 0.269 e. The second-order valence-corrected chi connectivity index (χ2v) is 5.74. The smallest absolute Gasteiger partial charge is 0.269 e. The van der Waals surface area contributed by atoms with E-state index in [9.17, 15) is 19.3 Å². The van der Waals surface area contributed by atoms with E-state index in [0.29, 0.717) is 35.1 Å². The number of aromatic nitrogens is 1. The van der Waals surface area contributed by atoms with E-state index in [1.807, 2.05) is 0 Å². The van der Waals surface area contributed by atoms with Crippen LogP contribution in [0.4, 0.5) is 10.1 Å². The number of nitrogens with zero attached hydrogens (tertiary/aromatic N) is 1. The lowest BCUT2D eigenvalue weighted by molar-refractivity contribution is -0.384. The summed E-state index contributed by atoms with van der Waals surface area (Å²) in [6, 6.07) is 10.5. The number of carbonyl (C=O) groups is 1. The summed E-state index contributed by atoms with van der Waals surface area (Å²) >= 11 is 0. The van der Waals surface area contributed by atoms with E-state index in [4.69, 9.17) is 0 Å². The molecule has 1 heterocycles. The number of hydrogen-bond donors (Lipinski definition) is 2. The van der Waals surface area contributed by atoms with Gasteiger partial charge < -0.3 is 10.3 Å². The molecule has 0 aliphatic heterocycles. The highest BCUT2D eigenvalue weighted by Gasteiger charge is 2.16. The molecule has 0 atom stereocenters. The molecule has 0 saturated carbocycles. The van der Waals surface area contributed by atoms with Crippen LogP contribution in [0.15, 0.2) is 42.5 Å². The zero-order valence-corrected chi connectivity index (χ0v) is 13.5. The van der Waals surface area contributed by atoms with Gasteiger partial charge in [-0.05, 0) is 37.1 Å². The highest BCUT2D eigenvalue weighted by molar-refractivity contribution is 6.08. The number of benzene rings is 2. The fourth-order valence-electron chi connectivity index (χ4n) is 2.78. The van der Waals surface area contributed by atoms with Gasteiger partial charge in [0, 0.05) is 35.3 Å². The number of halogens is 1. The standard InChI is InChI=1S/C18H16FN3O3/c1-11-17(15-10-13(19)4-7-16(15)21-11)18(23)20-9-8-12-2-5-14(6-3-12)22(24)25/h2-7,10,21H,8-9H2,1H3,(H,20,23). The Morgan fingerprint density at radius 1 is 1.24 bits per heavy atom. The number of hydrogen-bond acceptors (Lipinski definition) is 3. The van der Waals surface area contributed by atoms with Crippen LogP contribution in [0.3, 0.4) is 0 Å². The molecular formula is C18H16FN3O3. The van der Waals surface area contributed by atoms with Crippen molar-refractivity contribution in [3.8, 4) is 0 Å². The van der Waals surface area contributed by atoms with Crippen molar-refractivity contribution in [2.24, 2.45) is 0 Å². The number of H-pyrrole nitrogens is 1. The molecule has 2 N–H and O–H groups in total. The topological polar surface area (TPSA) is 88.0 Å². The third kappa shape index (κ3) is 3.50. The molecule has 0 bridgehead atoms. The summed E-state index contributed by atoms with van der Waals surface area (Å²) in [5.41, 5.74) is 2.72. The monoisotopic (exact) mass is 341 g/mol. The SMILES string of the molecule is Cc1[nH]c2ccc(F)cc2c1C(=O)NCCc1ccc([N+](=O)[O-])cc1. The third-order valence-electron chi connectivity index (χ3n) is 4.02. The van der Waals surface area contributed by atoms with Gasteiger partial charge in [-0.15, -0.1) is 0 Å². The predicted octanol–water partition coefficient (Wildman–Crippen LogP) is 3.50. The Morgan fingerprint density at radius 3 is 2.64 bits per heavy atom. The van der Waals surface area contributed by atoms with Crippen LogP contribution in [0.1, 0.15) is 21.6 Å². The number of nitrogens with one attached hydrogen (secondary N) is 2. The molecule has 6 nitrogen and oxygen atoms in total. The number of amides is 1. The summed E-state index contributed by atoms with van der Waals surface area (Å²) in [7, 11) is 0. The van der Waals surface area contributed by atoms with Crippen molar-refractivity contribution in [1.29, 1.82) is 0 Å². The molecule has 0 spiro atoms. The summed E-state index contributed by atoms with van der Waals surface area (Å²) in [4.78, 5) is 25.7. The maximum atomic E-state index is 13.5. The maximum absolute atomic E-state index is 13.5. The molecule has 128 valence electrons. The van der Waals surface area contributed by atoms with E-state index >= 15 is 0 Å². The summed E-state index contributed by atoms with van der Waals surface area (Å²) in [6.45, 7) is 2.14. The second kappa shape index (κ2) is 6.72. The van der Waals surface area contributed by atoms with Crippen LogP contribution in [-0.2, 0) is 6.42 Å². The fourth-order valence-corrected chi connectivity index (χ4v) is 2.78. The van der Waals surface area contributed by atoms with Gasteiger partial charge in [0.25, 0.3) is 11.6 Å². The molecule has 0 radical (unpaired) electrons. The van der Waals surface area contributed by atoms with Crippen molar-refractivity contribution in [3.05, 3.63) is 75.2 Å². The predicted molar refractivity (Wildman–Crippen MR) is 92.1 cm³/mol. The first-order valence-electron chi connectivity index (χ1n) is 7.75. The normalized spacial score (nSPS) is 10.8. The number of aryl methyl sites for hydroxylation is 1. The molecule has 0 fully saturated rings. The lowest BCUT2D eigenvalue weighted by Crippen LogP contribution is -2.26. The van der Waals surface area contributed by atoms with Crippen LogP contribution in [-0.4, -0.2) is 22.4 Å². The average molecular weight is 341 g/mol. The molecule has 3 aromatic rings. The first-order valence-corrected chi connectivity index (χ1v) is 7.75. The first-order chi connectivity index (χ1) is 12.0. The van der Waals surface area contributed by atoms with E-state index in [0.717, 1.165) is 5.56 Å². The van der Waals surface area contributed by atoms with Crippen LogP contribution in [0.2, 0.25) is 0 Å². The number of non-ortho nitro benzene ring substituents is 1. The molecule has 1 amide bonds. The average Bonchev–Trinajstić information content (AvgIpc) is 2.90. The Labute approximate surface area is 142 Å². The van der Waals surface area contributed by atoms with Gasteiger partial charge in [-0.1, -0.05) is 12.1 Å². The molecule has 3 rings (SSSR count). The van der Waals surface area contributed by atoms with Gasteiger partial charge >= 0.3 is 0 Å². The summed E-state index contributed by atoms with van der Waals surface area (Å²) in [5.74, 6) is -0.678. The van der Waals surface area contributed by atoms with Gasteiger partial charge in [0.2, 0.25) is 0 Å². The summed E-state index contributed by atoms with van der Waals surface area (Å²) in [5, 5.41) is 14.0. The molecule has 7 heteroatoms. The lowest BCUT2D eigenvalue weighted by Gasteiger charge is -2.06. The van der Waals surface area contributed by atoms with Crippen LogP contribution in [0, 0.1) is 22.9 Å². The van der Waals surface area contributed by atoms with Crippen LogP contribution in [0.25, 0.3) is 10.9 Å². The van der Waals surface area contributed by atoms with Gasteiger partial charge in [0.15, 0.2) is 0 Å². The highest BCUT2D eigenvalue weighted by atomic mass is 19.1. The number of aromatic amines is 1. The van der Waals surface area contributed by atoms with Crippen LogP contribution >= 0.6 is 0 Å².